The van der Waals surface area contributed by atoms with Crippen LogP contribution < -0.4 is 0 Å². The lowest BCUT2D eigenvalue weighted by atomic mass is 9.68. The smallest absolute Gasteiger partial charge is 0.0234 e. The van der Waals surface area contributed by atoms with Crippen LogP contribution in [0, 0.1) is 5.41 Å². The topological polar surface area (TPSA) is 6.48 Å². The predicted octanol–water partition coefficient (Wildman–Crippen LogP) is 3.53. The first kappa shape index (κ1) is 13.8. The van der Waals surface area contributed by atoms with Crippen LogP contribution >= 0.6 is 0 Å². The van der Waals surface area contributed by atoms with E-state index in [9.17, 15) is 0 Å². The van der Waals surface area contributed by atoms with E-state index in [2.05, 4.69) is 40.1 Å². The molecule has 2 saturated heterocycles. The SMILES string of the molecule is c1ccc(CN2CCCC(N3CCC4(CCC4)C3)C2)cc1. The molecule has 1 atom stereocenters. The van der Waals surface area contributed by atoms with Crippen molar-refractivity contribution in [2.45, 2.75) is 51.1 Å². The second-order valence-electron chi connectivity index (χ2n) is 7.59. The second-order valence-corrected chi connectivity index (χ2v) is 7.59. The molecule has 0 radical (unpaired) electrons. The van der Waals surface area contributed by atoms with E-state index in [-0.39, 0.29) is 0 Å². The lowest BCUT2D eigenvalue weighted by Gasteiger charge is -2.41. The number of benzene rings is 1. The number of hydrogen-bond acceptors (Lipinski definition) is 2. The molecule has 2 heterocycles. The largest absolute Gasteiger partial charge is 0.299 e. The van der Waals surface area contributed by atoms with E-state index in [1.54, 1.807) is 0 Å². The number of rotatable bonds is 3. The van der Waals surface area contributed by atoms with E-state index in [0.717, 1.165) is 18.0 Å². The van der Waals surface area contributed by atoms with Crippen LogP contribution in [0.3, 0.4) is 0 Å². The van der Waals surface area contributed by atoms with Gasteiger partial charge in [-0.05, 0) is 56.2 Å². The highest BCUT2D eigenvalue weighted by atomic mass is 15.2. The monoisotopic (exact) mass is 284 g/mol. The highest BCUT2D eigenvalue weighted by molar-refractivity contribution is 5.14. The average Bonchev–Trinajstić information content (AvgIpc) is 2.94. The molecular weight excluding hydrogens is 256 g/mol. The van der Waals surface area contributed by atoms with Crippen molar-refractivity contribution in [3.63, 3.8) is 0 Å². The van der Waals surface area contributed by atoms with Crippen molar-refractivity contribution in [2.24, 2.45) is 5.41 Å². The van der Waals surface area contributed by atoms with Gasteiger partial charge in [0.05, 0.1) is 0 Å². The van der Waals surface area contributed by atoms with Crippen LogP contribution in [-0.2, 0) is 6.54 Å². The summed E-state index contributed by atoms with van der Waals surface area (Å²) in [4.78, 5) is 5.51. The maximum atomic E-state index is 2.83. The Labute approximate surface area is 129 Å². The first-order chi connectivity index (χ1) is 10.3. The molecule has 0 amide bonds. The van der Waals surface area contributed by atoms with Crippen molar-refractivity contribution in [3.8, 4) is 0 Å². The molecule has 2 aliphatic heterocycles. The van der Waals surface area contributed by atoms with Gasteiger partial charge in [0, 0.05) is 25.7 Å². The van der Waals surface area contributed by atoms with Crippen LogP contribution in [0.15, 0.2) is 30.3 Å². The zero-order valence-corrected chi connectivity index (χ0v) is 13.1. The molecule has 114 valence electrons. The third-order valence-electron chi connectivity index (χ3n) is 6.13. The Morgan fingerprint density at radius 1 is 1.00 bits per heavy atom. The van der Waals surface area contributed by atoms with Crippen LogP contribution in [0.2, 0.25) is 0 Å². The maximum absolute atomic E-state index is 2.83. The fraction of sp³-hybridized carbons (Fsp3) is 0.684. The van der Waals surface area contributed by atoms with Gasteiger partial charge in [-0.3, -0.25) is 9.80 Å². The van der Waals surface area contributed by atoms with Crippen LogP contribution in [0.4, 0.5) is 0 Å². The van der Waals surface area contributed by atoms with E-state index in [1.165, 1.54) is 70.3 Å². The number of hydrogen-bond donors (Lipinski definition) is 0. The molecule has 1 aromatic rings. The molecule has 0 N–H and O–H groups in total. The number of likely N-dealkylation sites (tertiary alicyclic amines) is 2. The highest BCUT2D eigenvalue weighted by Gasteiger charge is 2.44. The zero-order chi connectivity index (χ0) is 14.1. The Bertz CT molecular complexity index is 466. The van der Waals surface area contributed by atoms with E-state index < -0.39 is 0 Å². The summed E-state index contributed by atoms with van der Waals surface area (Å²) in [5.74, 6) is 0. The fourth-order valence-electron chi connectivity index (χ4n) is 4.68. The summed E-state index contributed by atoms with van der Waals surface area (Å²) < 4.78 is 0. The third-order valence-corrected chi connectivity index (χ3v) is 6.13. The van der Waals surface area contributed by atoms with Crippen molar-refractivity contribution in [1.82, 2.24) is 9.80 Å². The van der Waals surface area contributed by atoms with Crippen LogP contribution in [0.1, 0.15) is 44.1 Å². The summed E-state index contributed by atoms with van der Waals surface area (Å²) in [7, 11) is 0. The van der Waals surface area contributed by atoms with Crippen molar-refractivity contribution in [1.29, 1.82) is 0 Å². The molecule has 1 unspecified atom stereocenters. The lowest BCUT2D eigenvalue weighted by molar-refractivity contribution is 0.0810. The van der Waals surface area contributed by atoms with Gasteiger partial charge in [-0.15, -0.1) is 0 Å². The summed E-state index contributed by atoms with van der Waals surface area (Å²) in [6.07, 6.45) is 8.76. The zero-order valence-electron chi connectivity index (χ0n) is 13.1. The van der Waals surface area contributed by atoms with Crippen molar-refractivity contribution in [2.75, 3.05) is 26.2 Å². The molecule has 4 rings (SSSR count). The van der Waals surface area contributed by atoms with Gasteiger partial charge >= 0.3 is 0 Å². The van der Waals surface area contributed by atoms with Crippen LogP contribution in [0.5, 0.6) is 0 Å². The first-order valence-electron chi connectivity index (χ1n) is 8.83. The molecule has 1 spiro atoms. The standard InChI is InChI=1S/C19H28N2/c1-2-6-17(7-3-1)14-20-12-4-8-18(15-20)21-13-11-19(16-21)9-5-10-19/h1-3,6-7,18H,4-5,8-16H2. The van der Waals surface area contributed by atoms with E-state index in [0.29, 0.717) is 0 Å². The average molecular weight is 284 g/mol. The number of piperidine rings is 1. The Balaban J connectivity index is 1.35. The normalized spacial score (nSPS) is 29.6. The number of nitrogens with zero attached hydrogens (tertiary/aromatic N) is 2. The van der Waals surface area contributed by atoms with Crippen molar-refractivity contribution in [3.05, 3.63) is 35.9 Å². The van der Waals surface area contributed by atoms with Crippen molar-refractivity contribution < 1.29 is 0 Å². The minimum absolute atomic E-state index is 0.752. The molecule has 1 saturated carbocycles. The quantitative estimate of drug-likeness (QED) is 0.838. The van der Waals surface area contributed by atoms with Gasteiger partial charge < -0.3 is 0 Å². The Hall–Kier alpha value is -0.860. The molecule has 0 bridgehead atoms. The maximum Gasteiger partial charge on any atom is 0.0234 e. The molecule has 1 aliphatic carbocycles. The van der Waals surface area contributed by atoms with Gasteiger partial charge in [0.2, 0.25) is 0 Å². The minimum atomic E-state index is 0.752. The Morgan fingerprint density at radius 3 is 2.57 bits per heavy atom. The summed E-state index contributed by atoms with van der Waals surface area (Å²) in [6, 6.07) is 11.8. The van der Waals surface area contributed by atoms with E-state index >= 15 is 0 Å². The molecule has 3 aliphatic rings. The van der Waals surface area contributed by atoms with Gasteiger partial charge in [-0.2, -0.15) is 0 Å². The van der Waals surface area contributed by atoms with Crippen molar-refractivity contribution >= 4 is 0 Å². The van der Waals surface area contributed by atoms with E-state index in [4.69, 9.17) is 0 Å². The lowest BCUT2D eigenvalue weighted by Crippen LogP contribution is -2.47. The minimum Gasteiger partial charge on any atom is -0.299 e. The molecule has 2 heteroatoms. The third kappa shape index (κ3) is 2.89. The van der Waals surface area contributed by atoms with Gasteiger partial charge in [0.1, 0.15) is 0 Å². The fourth-order valence-corrected chi connectivity index (χ4v) is 4.68. The molecule has 21 heavy (non-hydrogen) atoms. The highest BCUT2D eigenvalue weighted by Crippen LogP contribution is 2.48. The van der Waals surface area contributed by atoms with Gasteiger partial charge in [0.25, 0.3) is 0 Å². The summed E-state index contributed by atoms with van der Waals surface area (Å²) in [6.45, 7) is 6.46. The summed E-state index contributed by atoms with van der Waals surface area (Å²) >= 11 is 0. The molecule has 3 fully saturated rings. The molecule has 1 aromatic carbocycles. The molecule has 2 nitrogen and oxygen atoms in total. The molecular formula is C19H28N2. The molecule has 0 aromatic heterocycles. The van der Waals surface area contributed by atoms with Gasteiger partial charge in [0.15, 0.2) is 0 Å². The predicted molar refractivity (Wildman–Crippen MR) is 87.2 cm³/mol. The second kappa shape index (κ2) is 5.73. The van der Waals surface area contributed by atoms with Crippen LogP contribution in [-0.4, -0.2) is 42.0 Å². The van der Waals surface area contributed by atoms with Crippen LogP contribution in [0.25, 0.3) is 0 Å². The Morgan fingerprint density at radius 2 is 1.86 bits per heavy atom. The first-order valence-corrected chi connectivity index (χ1v) is 8.83. The summed E-state index contributed by atoms with van der Waals surface area (Å²) in [5, 5.41) is 0. The van der Waals surface area contributed by atoms with E-state index in [1.807, 2.05) is 0 Å². The summed E-state index contributed by atoms with van der Waals surface area (Å²) in [5.41, 5.74) is 2.22. The van der Waals surface area contributed by atoms with Gasteiger partial charge in [-0.1, -0.05) is 36.8 Å². The Kier molecular flexibility index (Phi) is 3.76. The van der Waals surface area contributed by atoms with Gasteiger partial charge in [-0.25, -0.2) is 0 Å².